The van der Waals surface area contributed by atoms with Crippen LogP contribution in [0.4, 0.5) is 0 Å². The van der Waals surface area contributed by atoms with Gasteiger partial charge < -0.3 is 4.90 Å². The van der Waals surface area contributed by atoms with Gasteiger partial charge in [-0.25, -0.2) is 4.98 Å². The first-order valence-electron chi connectivity index (χ1n) is 4.74. The fourth-order valence-electron chi connectivity index (χ4n) is 1.19. The molecule has 0 radical (unpaired) electrons. The molecule has 0 spiro atoms. The van der Waals surface area contributed by atoms with Crippen LogP contribution in [0.25, 0.3) is 0 Å². The molecule has 3 nitrogen and oxygen atoms in total. The molecular weight excluding hydrogens is 276 g/mol. The molecule has 1 atom stereocenters. The van der Waals surface area contributed by atoms with Gasteiger partial charge in [-0.05, 0) is 20.8 Å². The molecule has 0 aromatic carbocycles. The molecule has 1 heterocycles. The van der Waals surface area contributed by atoms with Crippen LogP contribution in [0.15, 0.2) is 0 Å². The van der Waals surface area contributed by atoms with Crippen LogP contribution in [0.1, 0.15) is 27.3 Å². The minimum Gasteiger partial charge on any atom is -0.337 e. The van der Waals surface area contributed by atoms with Crippen molar-refractivity contribution in [1.82, 2.24) is 9.88 Å². The number of carbonyl (C=O) groups excluding carboxylic acids is 1. The molecule has 0 aliphatic heterocycles. The lowest BCUT2D eigenvalue weighted by molar-refractivity contribution is 0.0762. The van der Waals surface area contributed by atoms with E-state index in [9.17, 15) is 4.79 Å². The number of amides is 1. The number of alkyl halides is 1. The Morgan fingerprint density at radius 1 is 1.60 bits per heavy atom. The summed E-state index contributed by atoms with van der Waals surface area (Å²) in [6.07, 6.45) is 0. The van der Waals surface area contributed by atoms with E-state index in [0.717, 1.165) is 20.9 Å². The average molecular weight is 291 g/mol. The second-order valence-electron chi connectivity index (χ2n) is 3.57. The number of hydrogen-bond acceptors (Lipinski definition) is 3. The van der Waals surface area contributed by atoms with Gasteiger partial charge in [0, 0.05) is 18.4 Å². The summed E-state index contributed by atoms with van der Waals surface area (Å²) >= 11 is 4.83. The van der Waals surface area contributed by atoms with E-state index in [4.69, 9.17) is 0 Å². The Hall–Kier alpha value is -0.420. The Kier molecular flexibility index (Phi) is 4.28. The highest BCUT2D eigenvalue weighted by atomic mass is 79.9. The molecule has 0 N–H and O–H groups in total. The molecule has 1 rings (SSSR count). The summed E-state index contributed by atoms with van der Waals surface area (Å²) < 4.78 is 0. The molecule has 1 amide bonds. The Morgan fingerprint density at radius 2 is 2.20 bits per heavy atom. The molecule has 1 aromatic rings. The van der Waals surface area contributed by atoms with Crippen molar-refractivity contribution in [3.05, 3.63) is 15.6 Å². The Labute approximate surface area is 103 Å². The molecule has 0 saturated carbocycles. The van der Waals surface area contributed by atoms with Gasteiger partial charge in [0.1, 0.15) is 4.88 Å². The zero-order valence-corrected chi connectivity index (χ0v) is 11.8. The molecule has 1 aromatic heterocycles. The SMILES string of the molecule is Cc1nc(C)c(C(=O)N(C)C(C)CBr)s1. The van der Waals surface area contributed by atoms with Crippen LogP contribution in [0.2, 0.25) is 0 Å². The average Bonchev–Trinajstić information content (AvgIpc) is 2.54. The summed E-state index contributed by atoms with van der Waals surface area (Å²) in [5, 5.41) is 1.72. The van der Waals surface area contributed by atoms with Gasteiger partial charge in [-0.2, -0.15) is 0 Å². The maximum Gasteiger partial charge on any atom is 0.265 e. The van der Waals surface area contributed by atoms with Crippen LogP contribution < -0.4 is 0 Å². The lowest BCUT2D eigenvalue weighted by atomic mass is 10.3. The standard InChI is InChI=1S/C10H15BrN2OS/c1-6(5-11)13(4)10(14)9-7(2)12-8(3)15-9/h6H,5H2,1-4H3. The molecule has 0 aliphatic rings. The fourth-order valence-corrected chi connectivity index (χ4v) is 2.53. The lowest BCUT2D eigenvalue weighted by Gasteiger charge is -2.22. The van der Waals surface area contributed by atoms with E-state index >= 15 is 0 Å². The molecule has 5 heteroatoms. The first kappa shape index (κ1) is 12.6. The van der Waals surface area contributed by atoms with Gasteiger partial charge in [0.15, 0.2) is 0 Å². The largest absolute Gasteiger partial charge is 0.337 e. The third-order valence-corrected chi connectivity index (χ3v) is 4.30. The highest BCUT2D eigenvalue weighted by Gasteiger charge is 2.20. The van der Waals surface area contributed by atoms with Crippen molar-refractivity contribution in [2.75, 3.05) is 12.4 Å². The monoisotopic (exact) mass is 290 g/mol. The van der Waals surface area contributed by atoms with Crippen LogP contribution >= 0.6 is 27.3 Å². The van der Waals surface area contributed by atoms with Crippen LogP contribution in [0.5, 0.6) is 0 Å². The smallest absolute Gasteiger partial charge is 0.265 e. The molecule has 0 aliphatic carbocycles. The van der Waals surface area contributed by atoms with Gasteiger partial charge in [-0.3, -0.25) is 4.79 Å². The van der Waals surface area contributed by atoms with E-state index in [0.29, 0.717) is 0 Å². The minimum atomic E-state index is 0.0602. The summed E-state index contributed by atoms with van der Waals surface area (Å²) in [5.74, 6) is 0.0602. The van der Waals surface area contributed by atoms with Gasteiger partial charge in [-0.1, -0.05) is 15.9 Å². The number of nitrogens with zero attached hydrogens (tertiary/aromatic N) is 2. The van der Waals surface area contributed by atoms with E-state index < -0.39 is 0 Å². The van der Waals surface area contributed by atoms with E-state index in [1.54, 1.807) is 4.90 Å². The van der Waals surface area contributed by atoms with Gasteiger partial charge in [-0.15, -0.1) is 11.3 Å². The summed E-state index contributed by atoms with van der Waals surface area (Å²) in [6, 6.07) is 0.194. The third-order valence-electron chi connectivity index (χ3n) is 2.30. The van der Waals surface area contributed by atoms with Crippen molar-refractivity contribution in [1.29, 1.82) is 0 Å². The maximum atomic E-state index is 12.1. The number of thiazole rings is 1. The molecule has 15 heavy (non-hydrogen) atoms. The molecule has 0 bridgehead atoms. The number of rotatable bonds is 3. The van der Waals surface area contributed by atoms with Crippen molar-refractivity contribution in [2.24, 2.45) is 0 Å². The summed E-state index contributed by atoms with van der Waals surface area (Å²) in [7, 11) is 1.82. The highest BCUT2D eigenvalue weighted by molar-refractivity contribution is 9.09. The molecule has 0 saturated heterocycles. The van der Waals surface area contributed by atoms with E-state index in [1.165, 1.54) is 11.3 Å². The van der Waals surface area contributed by atoms with Crippen LogP contribution in [-0.2, 0) is 0 Å². The second kappa shape index (κ2) is 5.07. The Balaban J connectivity index is 2.89. The minimum absolute atomic E-state index is 0.0602. The van der Waals surface area contributed by atoms with Crippen molar-refractivity contribution in [3.8, 4) is 0 Å². The fraction of sp³-hybridized carbons (Fsp3) is 0.600. The van der Waals surface area contributed by atoms with Crippen molar-refractivity contribution in [3.63, 3.8) is 0 Å². The number of aromatic nitrogens is 1. The summed E-state index contributed by atoms with van der Waals surface area (Å²) in [6.45, 7) is 5.81. The van der Waals surface area contributed by atoms with Gasteiger partial charge in [0.25, 0.3) is 5.91 Å². The maximum absolute atomic E-state index is 12.1. The van der Waals surface area contributed by atoms with Crippen LogP contribution in [0, 0.1) is 13.8 Å². The number of hydrogen-bond donors (Lipinski definition) is 0. The summed E-state index contributed by atoms with van der Waals surface area (Å²) in [5.41, 5.74) is 0.830. The molecule has 0 fully saturated rings. The quantitative estimate of drug-likeness (QED) is 0.802. The van der Waals surface area contributed by atoms with Gasteiger partial charge >= 0.3 is 0 Å². The summed E-state index contributed by atoms with van der Waals surface area (Å²) in [4.78, 5) is 18.8. The van der Waals surface area contributed by atoms with E-state index in [2.05, 4.69) is 20.9 Å². The predicted molar refractivity (Wildman–Crippen MR) is 66.9 cm³/mol. The van der Waals surface area contributed by atoms with Crippen LogP contribution in [-0.4, -0.2) is 34.2 Å². The van der Waals surface area contributed by atoms with Crippen molar-refractivity contribution < 1.29 is 4.79 Å². The topological polar surface area (TPSA) is 33.2 Å². The number of carbonyl (C=O) groups is 1. The van der Waals surface area contributed by atoms with Crippen LogP contribution in [0.3, 0.4) is 0 Å². The Bertz CT molecular complexity index is 364. The highest BCUT2D eigenvalue weighted by Crippen LogP contribution is 2.19. The first-order chi connectivity index (χ1) is 6.97. The second-order valence-corrected chi connectivity index (χ2v) is 5.42. The van der Waals surface area contributed by atoms with Crippen molar-refractivity contribution >= 4 is 33.2 Å². The van der Waals surface area contributed by atoms with Gasteiger partial charge in [0.2, 0.25) is 0 Å². The molecular formula is C10H15BrN2OS. The first-order valence-corrected chi connectivity index (χ1v) is 6.68. The zero-order valence-electron chi connectivity index (χ0n) is 9.37. The normalized spacial score (nSPS) is 12.6. The number of halogens is 1. The van der Waals surface area contributed by atoms with Gasteiger partial charge in [0.05, 0.1) is 10.7 Å². The Morgan fingerprint density at radius 3 is 2.60 bits per heavy atom. The molecule has 84 valence electrons. The van der Waals surface area contributed by atoms with E-state index in [-0.39, 0.29) is 11.9 Å². The lowest BCUT2D eigenvalue weighted by Crippen LogP contribution is -2.35. The number of aryl methyl sites for hydroxylation is 2. The zero-order chi connectivity index (χ0) is 11.6. The van der Waals surface area contributed by atoms with E-state index in [1.807, 2.05) is 27.8 Å². The molecule has 1 unspecified atom stereocenters. The van der Waals surface area contributed by atoms with Crippen molar-refractivity contribution in [2.45, 2.75) is 26.8 Å². The third kappa shape index (κ3) is 2.78. The predicted octanol–water partition coefficient (Wildman–Crippen LogP) is 2.62.